The van der Waals surface area contributed by atoms with Crippen molar-refractivity contribution in [2.45, 2.75) is 11.8 Å². The van der Waals surface area contributed by atoms with E-state index in [1.165, 1.54) is 0 Å². The summed E-state index contributed by atoms with van der Waals surface area (Å²) >= 11 is 1.55. The monoisotopic (exact) mass is 272 g/mol. The minimum atomic E-state index is -0.133. The average Bonchev–Trinajstić information content (AvgIpc) is 2.42. The molecule has 0 aromatic heterocycles. The molecule has 0 atom stereocenters. The number of nitrogens with one attached hydrogen (secondary N) is 1. The highest BCUT2D eigenvalue weighted by molar-refractivity contribution is 7.98. The van der Waals surface area contributed by atoms with Crippen molar-refractivity contribution in [3.8, 4) is 0 Å². The molecule has 19 heavy (non-hydrogen) atoms. The van der Waals surface area contributed by atoms with Gasteiger partial charge in [-0.25, -0.2) is 0 Å². The van der Waals surface area contributed by atoms with E-state index in [1.807, 2.05) is 49.6 Å². The van der Waals surface area contributed by atoms with Crippen molar-refractivity contribution in [1.29, 1.82) is 0 Å². The summed E-state index contributed by atoms with van der Waals surface area (Å²) in [5.41, 5.74) is 8.78. The third kappa shape index (κ3) is 2.90. The lowest BCUT2D eigenvalue weighted by molar-refractivity contribution is 0.102. The third-order valence-corrected chi connectivity index (χ3v) is 3.69. The van der Waals surface area contributed by atoms with Crippen LogP contribution in [-0.4, -0.2) is 12.2 Å². The molecule has 0 fully saturated rings. The van der Waals surface area contributed by atoms with Gasteiger partial charge in [0.1, 0.15) is 0 Å². The number of rotatable bonds is 3. The van der Waals surface area contributed by atoms with Gasteiger partial charge in [0.15, 0.2) is 0 Å². The molecule has 0 bridgehead atoms. The Morgan fingerprint density at radius 3 is 2.58 bits per heavy atom. The van der Waals surface area contributed by atoms with Crippen LogP contribution in [0.25, 0.3) is 0 Å². The Labute approximate surface area is 117 Å². The topological polar surface area (TPSA) is 55.1 Å². The Morgan fingerprint density at radius 1 is 1.16 bits per heavy atom. The Hall–Kier alpha value is -1.94. The molecule has 3 nitrogen and oxygen atoms in total. The van der Waals surface area contributed by atoms with Crippen LogP contribution >= 0.6 is 11.8 Å². The number of nitrogen functional groups attached to an aromatic ring is 1. The van der Waals surface area contributed by atoms with Gasteiger partial charge in [-0.15, -0.1) is 11.8 Å². The van der Waals surface area contributed by atoms with E-state index < -0.39 is 0 Å². The number of para-hydroxylation sites is 1. The summed E-state index contributed by atoms with van der Waals surface area (Å²) in [5, 5.41) is 2.89. The number of thioether (sulfide) groups is 1. The van der Waals surface area contributed by atoms with Crippen molar-refractivity contribution in [3.05, 3.63) is 53.6 Å². The maximum atomic E-state index is 12.3. The number of aryl methyl sites for hydroxylation is 1. The molecule has 0 heterocycles. The van der Waals surface area contributed by atoms with Gasteiger partial charge in [0.25, 0.3) is 5.91 Å². The highest BCUT2D eigenvalue weighted by atomic mass is 32.2. The minimum absolute atomic E-state index is 0.133. The number of hydrogen-bond donors (Lipinski definition) is 2. The zero-order valence-corrected chi connectivity index (χ0v) is 11.8. The van der Waals surface area contributed by atoms with E-state index in [4.69, 9.17) is 5.73 Å². The van der Waals surface area contributed by atoms with Gasteiger partial charge in [0.05, 0.1) is 16.9 Å². The number of amides is 1. The molecule has 2 aromatic carbocycles. The van der Waals surface area contributed by atoms with Crippen LogP contribution in [0.4, 0.5) is 11.4 Å². The molecule has 2 rings (SSSR count). The molecule has 3 N–H and O–H groups in total. The van der Waals surface area contributed by atoms with E-state index >= 15 is 0 Å². The Kier molecular flexibility index (Phi) is 4.12. The number of hydrogen-bond acceptors (Lipinski definition) is 3. The molecule has 1 amide bonds. The predicted octanol–water partition coefficient (Wildman–Crippen LogP) is 3.55. The lowest BCUT2D eigenvalue weighted by Gasteiger charge is -2.12. The molecule has 0 saturated heterocycles. The summed E-state index contributed by atoms with van der Waals surface area (Å²) in [5.74, 6) is -0.133. The molecule has 0 spiro atoms. The van der Waals surface area contributed by atoms with Crippen LogP contribution in [-0.2, 0) is 0 Å². The fourth-order valence-corrected chi connectivity index (χ4v) is 2.47. The summed E-state index contributed by atoms with van der Waals surface area (Å²) in [4.78, 5) is 13.3. The lowest BCUT2D eigenvalue weighted by atomic mass is 10.1. The lowest BCUT2D eigenvalue weighted by Crippen LogP contribution is -2.15. The zero-order chi connectivity index (χ0) is 13.8. The first-order valence-electron chi connectivity index (χ1n) is 5.93. The van der Waals surface area contributed by atoms with Gasteiger partial charge in [0.2, 0.25) is 0 Å². The van der Waals surface area contributed by atoms with Crippen LogP contribution in [0.1, 0.15) is 15.9 Å². The summed E-state index contributed by atoms with van der Waals surface area (Å²) in [6, 6.07) is 13.1. The number of nitrogens with two attached hydrogens (primary N) is 1. The van der Waals surface area contributed by atoms with Gasteiger partial charge in [-0.3, -0.25) is 4.79 Å². The fraction of sp³-hybridized carbons (Fsp3) is 0.133. The predicted molar refractivity (Wildman–Crippen MR) is 81.8 cm³/mol. The van der Waals surface area contributed by atoms with Crippen molar-refractivity contribution < 1.29 is 4.79 Å². The highest BCUT2D eigenvalue weighted by Crippen LogP contribution is 2.25. The minimum Gasteiger partial charge on any atom is -0.397 e. The largest absolute Gasteiger partial charge is 0.397 e. The first-order chi connectivity index (χ1) is 9.13. The van der Waals surface area contributed by atoms with Crippen LogP contribution in [0.3, 0.4) is 0 Å². The Balaban J connectivity index is 2.31. The summed E-state index contributed by atoms with van der Waals surface area (Å²) in [6.45, 7) is 1.92. The second kappa shape index (κ2) is 5.80. The summed E-state index contributed by atoms with van der Waals surface area (Å²) in [6.07, 6.45) is 1.95. The molecule has 2 aromatic rings. The standard InChI is InChI=1S/C15H16N2OS/c1-10-6-5-8-12(16)14(10)17-15(18)11-7-3-4-9-13(11)19-2/h3-9H,16H2,1-2H3,(H,17,18). The number of benzene rings is 2. The summed E-state index contributed by atoms with van der Waals surface area (Å²) < 4.78 is 0. The SMILES string of the molecule is CSc1ccccc1C(=O)Nc1c(C)cccc1N. The molecule has 98 valence electrons. The Bertz CT molecular complexity index is 591. The number of anilines is 2. The first kappa shape index (κ1) is 13.5. The highest BCUT2D eigenvalue weighted by Gasteiger charge is 2.12. The maximum absolute atomic E-state index is 12.3. The van der Waals surface area contributed by atoms with Crippen LogP contribution in [0.2, 0.25) is 0 Å². The van der Waals surface area contributed by atoms with Gasteiger partial charge in [-0.2, -0.15) is 0 Å². The van der Waals surface area contributed by atoms with Crippen molar-refractivity contribution in [2.24, 2.45) is 0 Å². The molecule has 0 unspecified atom stereocenters. The van der Waals surface area contributed by atoms with Gasteiger partial charge in [0, 0.05) is 4.90 Å². The second-order valence-electron chi connectivity index (χ2n) is 4.19. The molecule has 0 aliphatic heterocycles. The fourth-order valence-electron chi connectivity index (χ4n) is 1.87. The van der Waals surface area contributed by atoms with Gasteiger partial charge in [-0.1, -0.05) is 24.3 Å². The molecule has 4 heteroatoms. The number of carbonyl (C=O) groups excluding carboxylic acids is 1. The van der Waals surface area contributed by atoms with Gasteiger partial charge < -0.3 is 11.1 Å². The van der Waals surface area contributed by atoms with E-state index in [2.05, 4.69) is 5.32 Å². The van der Waals surface area contributed by atoms with Gasteiger partial charge >= 0.3 is 0 Å². The second-order valence-corrected chi connectivity index (χ2v) is 5.04. The van der Waals surface area contributed by atoms with Crippen molar-refractivity contribution in [3.63, 3.8) is 0 Å². The molecular formula is C15H16N2OS. The molecule has 0 aliphatic carbocycles. The van der Waals surface area contributed by atoms with Crippen molar-refractivity contribution >= 4 is 29.0 Å². The van der Waals surface area contributed by atoms with E-state index in [0.29, 0.717) is 16.9 Å². The van der Waals surface area contributed by atoms with E-state index in [1.54, 1.807) is 17.8 Å². The zero-order valence-electron chi connectivity index (χ0n) is 10.9. The average molecular weight is 272 g/mol. The quantitative estimate of drug-likeness (QED) is 0.663. The first-order valence-corrected chi connectivity index (χ1v) is 7.15. The van der Waals surface area contributed by atoms with E-state index in [-0.39, 0.29) is 5.91 Å². The van der Waals surface area contributed by atoms with Crippen molar-refractivity contribution in [1.82, 2.24) is 0 Å². The van der Waals surface area contributed by atoms with Crippen LogP contribution in [0.15, 0.2) is 47.4 Å². The maximum Gasteiger partial charge on any atom is 0.256 e. The third-order valence-electron chi connectivity index (χ3n) is 2.90. The van der Waals surface area contributed by atoms with Crippen LogP contribution < -0.4 is 11.1 Å². The normalized spacial score (nSPS) is 10.2. The van der Waals surface area contributed by atoms with Crippen LogP contribution in [0.5, 0.6) is 0 Å². The summed E-state index contributed by atoms with van der Waals surface area (Å²) in [7, 11) is 0. The molecular weight excluding hydrogens is 256 g/mol. The Morgan fingerprint density at radius 2 is 1.89 bits per heavy atom. The molecule has 0 saturated carbocycles. The van der Waals surface area contributed by atoms with Crippen molar-refractivity contribution in [2.75, 3.05) is 17.3 Å². The number of carbonyl (C=O) groups is 1. The van der Waals surface area contributed by atoms with Gasteiger partial charge in [-0.05, 0) is 36.9 Å². The molecule has 0 aliphatic rings. The van der Waals surface area contributed by atoms with E-state index in [9.17, 15) is 4.79 Å². The van der Waals surface area contributed by atoms with Crippen LogP contribution in [0, 0.1) is 6.92 Å². The smallest absolute Gasteiger partial charge is 0.256 e. The molecule has 0 radical (unpaired) electrons. The van der Waals surface area contributed by atoms with E-state index in [0.717, 1.165) is 10.5 Å².